The van der Waals surface area contributed by atoms with E-state index in [1.165, 1.54) is 25.7 Å². The minimum atomic E-state index is -0.466. The molecule has 6 bridgehead atoms. The third-order valence-corrected chi connectivity index (χ3v) is 22.4. The summed E-state index contributed by atoms with van der Waals surface area (Å²) in [5.74, 6) is 1.09. The van der Waals surface area contributed by atoms with Gasteiger partial charge in [0.15, 0.2) is 17.3 Å². The van der Waals surface area contributed by atoms with E-state index in [2.05, 4.69) is 54.2 Å². The molecule has 18 heteroatoms. The number of aliphatic hydroxyl groups is 3. The van der Waals surface area contributed by atoms with Crippen LogP contribution in [0.5, 0.6) is 0 Å². The van der Waals surface area contributed by atoms with E-state index in [4.69, 9.17) is 20.0 Å². The first-order chi connectivity index (χ1) is 47.8. The number of benzene rings is 3. The average molecular weight is 1340 g/mol. The summed E-state index contributed by atoms with van der Waals surface area (Å²) in [6.45, 7) is 13.3. The number of Topliss-reactive ketones (excluding diaryl/α,β-unsaturated/α-hetero) is 3. The summed E-state index contributed by atoms with van der Waals surface area (Å²) >= 11 is 0. The van der Waals surface area contributed by atoms with Crippen LogP contribution in [0.1, 0.15) is 205 Å². The fourth-order valence-electron chi connectivity index (χ4n) is 17.0. The van der Waals surface area contributed by atoms with E-state index in [0.717, 1.165) is 178 Å². The quantitative estimate of drug-likeness (QED) is 0.0356. The Balaban J connectivity index is 0.000000150. The molecule has 6 aromatic rings. The number of nitriles is 4. The molecule has 0 amide bonds. The van der Waals surface area contributed by atoms with Gasteiger partial charge in [0.05, 0.1) is 84.3 Å². The van der Waals surface area contributed by atoms with Crippen molar-refractivity contribution in [2.24, 2.45) is 11.3 Å². The second-order valence-electron chi connectivity index (χ2n) is 29.3. The molecule has 3 aromatic heterocycles. The maximum absolute atomic E-state index is 13.5. The number of unbranched alkanes of at least 4 members (excludes halogenated alkanes) is 2. The summed E-state index contributed by atoms with van der Waals surface area (Å²) in [6, 6.07) is 38.6. The molecule has 3 aromatic carbocycles. The summed E-state index contributed by atoms with van der Waals surface area (Å²) in [5.41, 5.74) is 12.3. The van der Waals surface area contributed by atoms with Gasteiger partial charge in [-0.25, -0.2) is 0 Å². The van der Waals surface area contributed by atoms with Crippen molar-refractivity contribution in [2.75, 3.05) is 46.6 Å². The molecule has 9 atom stereocenters. The maximum Gasteiger partial charge on any atom is 0.178 e. The number of ketones is 3. The highest BCUT2D eigenvalue weighted by atomic mass is 16.5. The van der Waals surface area contributed by atoms with Gasteiger partial charge in [-0.2, -0.15) is 21.0 Å². The fourth-order valence-corrected chi connectivity index (χ4v) is 17.0. The molecule has 0 saturated carbocycles. The van der Waals surface area contributed by atoms with Gasteiger partial charge < -0.3 is 38.5 Å². The van der Waals surface area contributed by atoms with Crippen LogP contribution in [0.25, 0.3) is 23.1 Å². The van der Waals surface area contributed by atoms with E-state index in [-0.39, 0.29) is 53.8 Å². The average Bonchev–Trinajstić information content (AvgIpc) is 1.64. The lowest BCUT2D eigenvalue weighted by Crippen LogP contribution is -2.36. The largest absolute Gasteiger partial charge is 0.391 e. The number of aliphatic hydroxyl groups excluding tert-OH is 3. The molecule has 7 aliphatic rings. The zero-order chi connectivity index (χ0) is 70.1. The van der Waals surface area contributed by atoms with Crippen molar-refractivity contribution in [1.82, 2.24) is 28.4 Å². The Morgan fingerprint density at radius 3 is 1.28 bits per heavy atom. The van der Waals surface area contributed by atoms with E-state index in [9.17, 15) is 40.2 Å². The molecular weight excluding hydrogens is 1240 g/mol. The second kappa shape index (κ2) is 32.5. The normalized spacial score (nSPS) is 23.3. The molecule has 3 N–H and O–H groups in total. The van der Waals surface area contributed by atoms with Crippen LogP contribution < -0.4 is 0 Å². The highest BCUT2D eigenvalue weighted by Gasteiger charge is 2.48. The van der Waals surface area contributed by atoms with Gasteiger partial charge in [-0.15, -0.1) is 0 Å². The number of hydrogen-bond acceptors (Lipinski definition) is 15. The van der Waals surface area contributed by atoms with Crippen LogP contribution in [-0.2, 0) is 22.3 Å². The Morgan fingerprint density at radius 2 is 0.919 bits per heavy atom. The van der Waals surface area contributed by atoms with Gasteiger partial charge in [-0.3, -0.25) is 29.1 Å². The van der Waals surface area contributed by atoms with Crippen molar-refractivity contribution in [1.29, 1.82) is 21.0 Å². The molecule has 10 heterocycles. The number of fused-ring (bicyclic) bond motifs is 6. The van der Waals surface area contributed by atoms with Gasteiger partial charge in [-0.1, -0.05) is 18.9 Å². The summed E-state index contributed by atoms with van der Waals surface area (Å²) in [6.07, 6.45) is 21.6. The van der Waals surface area contributed by atoms with Crippen molar-refractivity contribution >= 4 is 23.4 Å². The zero-order valence-corrected chi connectivity index (χ0v) is 58.6. The number of carbonyl (C=O) groups is 3. The summed E-state index contributed by atoms with van der Waals surface area (Å²) < 4.78 is 17.0. The molecule has 0 spiro atoms. The van der Waals surface area contributed by atoms with Crippen molar-refractivity contribution in [3.63, 3.8) is 0 Å². The monoisotopic (exact) mass is 1340 g/mol. The molecular formula is C81H98N10O8. The number of carbonyl (C=O) groups excluding carboxylic acids is 3. The van der Waals surface area contributed by atoms with Gasteiger partial charge in [-0.05, 0) is 247 Å². The third-order valence-electron chi connectivity index (χ3n) is 22.4. The summed E-state index contributed by atoms with van der Waals surface area (Å²) in [4.78, 5) is 46.8. The van der Waals surface area contributed by atoms with Gasteiger partial charge >= 0.3 is 0 Å². The maximum atomic E-state index is 13.5. The van der Waals surface area contributed by atoms with E-state index >= 15 is 0 Å². The zero-order valence-electron chi connectivity index (χ0n) is 58.6. The number of nitrogens with zero attached hydrogens (tertiary/aromatic N) is 10. The van der Waals surface area contributed by atoms with Crippen molar-refractivity contribution < 1.29 is 39.2 Å². The summed E-state index contributed by atoms with van der Waals surface area (Å²) in [7, 11) is 1.71. The lowest BCUT2D eigenvalue weighted by Gasteiger charge is -2.21. The lowest BCUT2D eigenvalue weighted by atomic mass is 9.91. The molecule has 13 rings (SSSR count). The van der Waals surface area contributed by atoms with Crippen LogP contribution in [0.3, 0.4) is 0 Å². The topological polar surface area (TPSA) is 250 Å². The van der Waals surface area contributed by atoms with Gasteiger partial charge in [0.1, 0.15) is 0 Å². The molecule has 0 aliphatic carbocycles. The van der Waals surface area contributed by atoms with Crippen molar-refractivity contribution in [3.8, 4) is 41.3 Å². The first-order valence-electron chi connectivity index (χ1n) is 36.0. The van der Waals surface area contributed by atoms with E-state index in [1.54, 1.807) is 19.2 Å². The number of methoxy groups -OCH3 is 1. The second-order valence-corrected chi connectivity index (χ2v) is 29.3. The Kier molecular flexibility index (Phi) is 23.7. The van der Waals surface area contributed by atoms with E-state index in [0.29, 0.717) is 66.4 Å². The van der Waals surface area contributed by atoms with Gasteiger partial charge in [0.25, 0.3) is 0 Å². The third kappa shape index (κ3) is 16.4. The predicted octanol–water partition coefficient (Wildman–Crippen LogP) is 12.4. The Bertz CT molecular complexity index is 4030. The predicted molar refractivity (Wildman–Crippen MR) is 380 cm³/mol. The number of hydrogen-bond donors (Lipinski definition) is 3. The van der Waals surface area contributed by atoms with Gasteiger partial charge in [0, 0.05) is 131 Å². The Morgan fingerprint density at radius 1 is 0.535 bits per heavy atom. The number of allylic oxidation sites excluding steroid dienone is 1. The lowest BCUT2D eigenvalue weighted by molar-refractivity contribution is 0.0631. The van der Waals surface area contributed by atoms with Crippen molar-refractivity contribution in [2.45, 2.75) is 211 Å². The van der Waals surface area contributed by atoms with Crippen molar-refractivity contribution in [3.05, 3.63) is 165 Å². The Labute approximate surface area is 584 Å². The standard InChI is InChI=1S/C29H37N3O3.C27H30N4O2.C25H31N3O3/c1-20-26(29(34)19-31-24-10-11-27(31)28(33)17-24)16-25(5-3-2-4-21-12-14-35-15-13-21)32(20)23-8-6-22(18-30)7-9-23;1-18-23(26(33)16-30-21-10-11-24(30)25(32)14-21)13-22(5-4-12-27(2,3)17-29)31(18)20-8-6-19(15-28)7-9-20;1-17-22(25(30)16-27-20-10-11-23(27)24(29)14-20)13-21(5-3-4-12-31-2)28(17)19-8-6-18(15-26)7-9-19/h6-9,16,21,24,27-28,33H,2-5,10-15,17,19H2,1H3;4-9,13,21,24-25,32H,10-12,14,16H2,1-3H3;6-9,13,20,23-24,29H,3-5,10-12,14,16H2,1-2H3/b;5-4+;/t24?,27?,28-;21?,24?,25-;20?,23?,24-/m001/s1. The number of rotatable bonds is 25. The minimum absolute atomic E-state index is 0.0536. The molecule has 99 heavy (non-hydrogen) atoms. The smallest absolute Gasteiger partial charge is 0.178 e. The first-order valence-corrected chi connectivity index (χ1v) is 36.0. The van der Waals surface area contributed by atoms with Crippen LogP contribution in [0.2, 0.25) is 0 Å². The molecule has 18 nitrogen and oxygen atoms in total. The highest BCUT2D eigenvalue weighted by molar-refractivity contribution is 6.01. The van der Waals surface area contributed by atoms with Crippen LogP contribution in [-0.4, -0.2) is 162 Å². The summed E-state index contributed by atoms with van der Waals surface area (Å²) in [5, 5.41) is 67.5. The van der Waals surface area contributed by atoms with E-state index < -0.39 is 5.41 Å². The molecule has 0 radical (unpaired) electrons. The molecule has 7 fully saturated rings. The molecule has 7 saturated heterocycles. The van der Waals surface area contributed by atoms with Crippen LogP contribution >= 0.6 is 0 Å². The number of ether oxygens (including phenoxy) is 2. The highest BCUT2D eigenvalue weighted by Crippen LogP contribution is 2.41. The SMILES string of the molecule is COCCCCc1cc(C(=O)CN2C3CCC2[C@H](O)C3)c(C)n1-c1ccc(C#N)cc1.Cc1c(C(=O)CN2C3CCC2[C@@H](O)C3)cc(/C=C/CC(C)(C)C#N)n1-c1ccc(C#N)cc1.Cc1c(C(=O)CN2C3CCC2[C@@H](O)C3)cc(CCCCC2CCOCC2)n1-c1ccc(C#N)cc1. The van der Waals surface area contributed by atoms with Gasteiger partial charge in [0.2, 0.25) is 0 Å². The molecule has 6 unspecified atom stereocenters. The molecule has 7 aliphatic heterocycles. The number of aromatic nitrogens is 3. The Hall–Kier alpha value is -8.11. The van der Waals surface area contributed by atoms with Crippen LogP contribution in [0, 0.1) is 77.4 Å². The fraction of sp³-hybridized carbons (Fsp3) is 0.519. The van der Waals surface area contributed by atoms with Crippen LogP contribution in [0.4, 0.5) is 0 Å². The number of aryl methyl sites for hydroxylation is 2. The first kappa shape index (κ1) is 72.2. The molecule has 520 valence electrons. The minimum Gasteiger partial charge on any atom is -0.391 e. The van der Waals surface area contributed by atoms with Crippen LogP contribution in [0.15, 0.2) is 97.1 Å². The van der Waals surface area contributed by atoms with E-state index in [1.807, 2.05) is 124 Å².